The lowest BCUT2D eigenvalue weighted by Crippen LogP contribution is -2.29. The Morgan fingerprint density at radius 2 is 0.833 bits per heavy atom. The minimum atomic E-state index is -1.19. The summed E-state index contributed by atoms with van der Waals surface area (Å²) in [5.41, 5.74) is -1.19. The molecule has 1 atom stereocenters. The molecule has 0 aromatic rings. The first-order chi connectivity index (χ1) is 20.6. The van der Waals surface area contributed by atoms with Crippen LogP contribution in [0.25, 0.3) is 0 Å². The SMILES string of the molecule is CCCCCC=CCC=CCCCCCCCCC(C#N)(CCCCCCCC/C=C\C/C=C\CCCCC)C(=O)O. The molecule has 0 aliphatic heterocycles. The van der Waals surface area contributed by atoms with Gasteiger partial charge in [0.15, 0.2) is 5.41 Å². The molecule has 3 nitrogen and oxygen atoms in total. The van der Waals surface area contributed by atoms with E-state index in [1.807, 2.05) is 0 Å². The molecule has 0 aromatic carbocycles. The normalized spacial score (nSPS) is 13.5. The summed E-state index contributed by atoms with van der Waals surface area (Å²) in [6, 6.07) is 2.20. The lowest BCUT2D eigenvalue weighted by atomic mass is 9.79. The Labute approximate surface area is 261 Å². The van der Waals surface area contributed by atoms with Crippen LogP contribution < -0.4 is 0 Å². The minimum absolute atomic E-state index is 0.494. The molecule has 0 aromatic heterocycles. The Morgan fingerprint density at radius 1 is 0.524 bits per heavy atom. The van der Waals surface area contributed by atoms with Gasteiger partial charge in [0.05, 0.1) is 6.07 Å². The van der Waals surface area contributed by atoms with Gasteiger partial charge in [-0.25, -0.2) is 0 Å². The van der Waals surface area contributed by atoms with Crippen LogP contribution in [0.15, 0.2) is 48.6 Å². The Hall–Kier alpha value is -2.08. The summed E-state index contributed by atoms with van der Waals surface area (Å²) in [5, 5.41) is 19.6. The number of unbranched alkanes of at least 4 members (excludes halogenated alkanes) is 18. The quantitative estimate of drug-likeness (QED) is 0.0654. The van der Waals surface area contributed by atoms with Crippen molar-refractivity contribution in [2.45, 2.75) is 181 Å². The first-order valence-corrected chi connectivity index (χ1v) is 17.9. The van der Waals surface area contributed by atoms with Gasteiger partial charge in [0, 0.05) is 0 Å². The van der Waals surface area contributed by atoms with Gasteiger partial charge >= 0.3 is 5.97 Å². The Bertz CT molecular complexity index is 707. The van der Waals surface area contributed by atoms with Crippen LogP contribution in [0.2, 0.25) is 0 Å². The first kappa shape index (κ1) is 39.9. The third kappa shape index (κ3) is 25.6. The maximum Gasteiger partial charge on any atom is 0.324 e. The Morgan fingerprint density at radius 3 is 1.14 bits per heavy atom. The molecule has 0 saturated heterocycles. The molecule has 0 spiro atoms. The van der Waals surface area contributed by atoms with Crippen LogP contribution in [-0.2, 0) is 4.79 Å². The fourth-order valence-electron chi connectivity index (χ4n) is 5.33. The molecule has 1 unspecified atom stereocenters. The summed E-state index contributed by atoms with van der Waals surface area (Å²) in [7, 11) is 0. The molecule has 0 aliphatic carbocycles. The second-order valence-electron chi connectivity index (χ2n) is 12.2. The van der Waals surface area contributed by atoms with Crippen molar-refractivity contribution in [3.63, 3.8) is 0 Å². The van der Waals surface area contributed by atoms with E-state index in [1.165, 1.54) is 89.9 Å². The van der Waals surface area contributed by atoms with Gasteiger partial charge in [-0.15, -0.1) is 0 Å². The van der Waals surface area contributed by atoms with Crippen LogP contribution in [0.4, 0.5) is 0 Å². The highest BCUT2D eigenvalue weighted by Gasteiger charge is 2.37. The van der Waals surface area contributed by atoms with Crippen molar-refractivity contribution in [3.05, 3.63) is 48.6 Å². The molecule has 0 aliphatic rings. The van der Waals surface area contributed by atoms with Crippen LogP contribution in [0.3, 0.4) is 0 Å². The standard InChI is InChI=1S/C39H67NO2/c1-3-5-7-9-11-13-15-17-19-21-23-25-27-29-31-33-35-39(37-40,38(41)42)36-34-32-30-28-26-24-22-20-18-16-14-12-10-8-6-4-2/h11-14,17-20H,3-10,15-16,21-36H2,1-2H3,(H,41,42)/b13-11-,14-12?,19-17-,20-18?. The van der Waals surface area contributed by atoms with Crippen LogP contribution in [0, 0.1) is 16.7 Å². The van der Waals surface area contributed by atoms with Gasteiger partial charge in [-0.1, -0.05) is 152 Å². The van der Waals surface area contributed by atoms with Crippen molar-refractivity contribution in [1.82, 2.24) is 0 Å². The van der Waals surface area contributed by atoms with E-state index in [-0.39, 0.29) is 0 Å². The predicted molar refractivity (Wildman–Crippen MR) is 184 cm³/mol. The summed E-state index contributed by atoms with van der Waals surface area (Å²) < 4.78 is 0. The van der Waals surface area contributed by atoms with Gasteiger partial charge in [0.25, 0.3) is 0 Å². The largest absolute Gasteiger partial charge is 0.480 e. The molecule has 42 heavy (non-hydrogen) atoms. The van der Waals surface area contributed by atoms with E-state index < -0.39 is 11.4 Å². The Kier molecular flexibility index (Phi) is 30.3. The van der Waals surface area contributed by atoms with E-state index in [1.54, 1.807) is 0 Å². The number of carbonyl (C=O) groups is 1. The van der Waals surface area contributed by atoms with E-state index in [9.17, 15) is 15.2 Å². The van der Waals surface area contributed by atoms with Crippen LogP contribution in [0.5, 0.6) is 0 Å². The molecule has 240 valence electrons. The van der Waals surface area contributed by atoms with E-state index in [0.29, 0.717) is 12.8 Å². The zero-order valence-corrected chi connectivity index (χ0v) is 27.8. The maximum atomic E-state index is 12.0. The highest BCUT2D eigenvalue weighted by molar-refractivity contribution is 5.77. The number of carboxylic acids is 1. The van der Waals surface area contributed by atoms with Crippen molar-refractivity contribution in [2.75, 3.05) is 0 Å². The highest BCUT2D eigenvalue weighted by Crippen LogP contribution is 2.32. The fraction of sp³-hybridized carbons (Fsp3) is 0.744. The number of hydrogen-bond acceptors (Lipinski definition) is 2. The number of allylic oxidation sites excluding steroid dienone is 8. The van der Waals surface area contributed by atoms with Gasteiger partial charge in [-0.3, -0.25) is 4.79 Å². The zero-order chi connectivity index (χ0) is 30.8. The van der Waals surface area contributed by atoms with Gasteiger partial charge in [-0.2, -0.15) is 5.26 Å². The summed E-state index contributed by atoms with van der Waals surface area (Å²) in [4.78, 5) is 12.0. The summed E-state index contributed by atoms with van der Waals surface area (Å²) in [6.07, 6.45) is 47.3. The van der Waals surface area contributed by atoms with Gasteiger partial charge < -0.3 is 5.11 Å². The molecular weight excluding hydrogens is 514 g/mol. The zero-order valence-electron chi connectivity index (χ0n) is 27.8. The van der Waals surface area contributed by atoms with Crippen molar-refractivity contribution in [2.24, 2.45) is 5.41 Å². The average Bonchev–Trinajstić information content (AvgIpc) is 2.99. The topological polar surface area (TPSA) is 61.1 Å². The maximum absolute atomic E-state index is 12.0. The molecule has 1 N–H and O–H groups in total. The second kappa shape index (κ2) is 31.8. The molecule has 0 heterocycles. The van der Waals surface area contributed by atoms with E-state index in [2.05, 4.69) is 68.5 Å². The first-order valence-electron chi connectivity index (χ1n) is 17.9. The monoisotopic (exact) mass is 582 g/mol. The van der Waals surface area contributed by atoms with Crippen molar-refractivity contribution < 1.29 is 9.90 Å². The molecule has 0 saturated carbocycles. The van der Waals surface area contributed by atoms with Crippen LogP contribution in [-0.4, -0.2) is 11.1 Å². The van der Waals surface area contributed by atoms with E-state index in [4.69, 9.17) is 0 Å². The molecular formula is C39H67NO2. The third-order valence-corrected chi connectivity index (χ3v) is 8.23. The van der Waals surface area contributed by atoms with Gasteiger partial charge in [-0.05, 0) is 77.0 Å². The van der Waals surface area contributed by atoms with Crippen molar-refractivity contribution >= 4 is 5.97 Å². The van der Waals surface area contributed by atoms with Crippen molar-refractivity contribution in [3.8, 4) is 6.07 Å². The van der Waals surface area contributed by atoms with E-state index in [0.717, 1.165) is 64.2 Å². The van der Waals surface area contributed by atoms with Gasteiger partial charge in [0.1, 0.15) is 0 Å². The number of nitrogens with zero attached hydrogens (tertiary/aromatic N) is 1. The fourth-order valence-corrected chi connectivity index (χ4v) is 5.33. The molecule has 0 amide bonds. The minimum Gasteiger partial charge on any atom is -0.480 e. The predicted octanol–water partition coefficient (Wildman–Crippen LogP) is 13.0. The lowest BCUT2D eigenvalue weighted by Gasteiger charge is -2.21. The molecule has 0 radical (unpaired) electrons. The molecule has 0 bridgehead atoms. The van der Waals surface area contributed by atoms with Crippen LogP contribution >= 0.6 is 0 Å². The Balaban J connectivity index is 3.81. The number of carboxylic acid groups (broad SMARTS) is 1. The average molecular weight is 582 g/mol. The summed E-state index contributed by atoms with van der Waals surface area (Å²) in [6.45, 7) is 4.48. The number of aliphatic carboxylic acids is 1. The van der Waals surface area contributed by atoms with E-state index >= 15 is 0 Å². The second-order valence-corrected chi connectivity index (χ2v) is 12.2. The molecule has 0 fully saturated rings. The van der Waals surface area contributed by atoms with Crippen molar-refractivity contribution in [1.29, 1.82) is 5.26 Å². The molecule has 0 rings (SSSR count). The number of hydrogen-bond donors (Lipinski definition) is 1. The molecule has 3 heteroatoms. The number of rotatable bonds is 31. The smallest absolute Gasteiger partial charge is 0.324 e. The highest BCUT2D eigenvalue weighted by atomic mass is 16.4. The third-order valence-electron chi connectivity index (χ3n) is 8.23. The summed E-state index contributed by atoms with van der Waals surface area (Å²) >= 11 is 0. The van der Waals surface area contributed by atoms with Gasteiger partial charge in [0.2, 0.25) is 0 Å². The van der Waals surface area contributed by atoms with Crippen LogP contribution in [0.1, 0.15) is 181 Å². The summed E-state index contributed by atoms with van der Waals surface area (Å²) in [5.74, 6) is -0.921. The number of nitriles is 1. The lowest BCUT2D eigenvalue weighted by molar-refractivity contribution is -0.146.